The average molecular weight is 267 g/mol. The molecule has 0 amide bonds. The quantitative estimate of drug-likeness (QED) is 0.727. The van der Waals surface area contributed by atoms with Crippen molar-refractivity contribution in [1.29, 1.82) is 0 Å². The number of carbonyl (C=O) groups is 1. The summed E-state index contributed by atoms with van der Waals surface area (Å²) in [4.78, 5) is 11.2. The van der Waals surface area contributed by atoms with Gasteiger partial charge in [-0.05, 0) is 19.5 Å². The van der Waals surface area contributed by atoms with E-state index in [1.165, 1.54) is 7.11 Å². The highest BCUT2D eigenvalue weighted by molar-refractivity contribution is 5.71. The molecule has 0 fully saturated rings. The monoisotopic (exact) mass is 267 g/mol. The zero-order valence-electron chi connectivity index (χ0n) is 11.7. The molecule has 0 unspecified atom stereocenters. The average Bonchev–Trinajstić information content (AvgIpc) is 2.43. The molecule has 1 aromatic rings. The molecule has 1 N–H and O–H groups in total. The van der Waals surface area contributed by atoms with E-state index < -0.39 is 5.97 Å². The first-order valence-electron chi connectivity index (χ1n) is 6.37. The number of carbonyl (C=O) groups excluding carboxylic acids is 1. The molecule has 0 spiro atoms. The van der Waals surface area contributed by atoms with Crippen molar-refractivity contribution < 1.29 is 19.0 Å². The third-order valence-electron chi connectivity index (χ3n) is 2.49. The first-order valence-corrected chi connectivity index (χ1v) is 6.37. The zero-order chi connectivity index (χ0) is 14.1. The Morgan fingerprint density at radius 1 is 1.26 bits per heavy atom. The Balaban J connectivity index is 2.88. The molecule has 0 radical (unpaired) electrons. The van der Waals surface area contributed by atoms with Gasteiger partial charge in [0.15, 0.2) is 18.1 Å². The Bertz CT molecular complexity index is 406. The van der Waals surface area contributed by atoms with Crippen molar-refractivity contribution in [2.45, 2.75) is 20.4 Å². The smallest absolute Gasteiger partial charge is 0.343 e. The summed E-state index contributed by atoms with van der Waals surface area (Å²) in [5.74, 6) is 0.818. The van der Waals surface area contributed by atoms with Gasteiger partial charge in [0.25, 0.3) is 0 Å². The molecular formula is C14H21NO4. The summed E-state index contributed by atoms with van der Waals surface area (Å²) in [5, 5.41) is 3.22. The molecule has 0 aliphatic heterocycles. The van der Waals surface area contributed by atoms with Crippen LogP contribution in [0.5, 0.6) is 11.5 Å². The van der Waals surface area contributed by atoms with Crippen molar-refractivity contribution in [1.82, 2.24) is 5.32 Å². The zero-order valence-corrected chi connectivity index (χ0v) is 11.7. The lowest BCUT2D eigenvalue weighted by Gasteiger charge is -2.15. The number of hydrogen-bond donors (Lipinski definition) is 1. The summed E-state index contributed by atoms with van der Waals surface area (Å²) in [6.07, 6.45) is 0. The third kappa shape index (κ3) is 4.79. The second-order valence-electron chi connectivity index (χ2n) is 3.82. The molecule has 106 valence electrons. The number of para-hydroxylation sites is 1. The standard InChI is InChI=1S/C14H21NO4/c1-4-15-9-11-7-6-8-12(18-5-2)14(11)19-10-13(16)17-3/h6-8,15H,4-5,9-10H2,1-3H3. The molecular weight excluding hydrogens is 246 g/mol. The Kier molecular flexibility index (Phi) is 6.74. The first-order chi connectivity index (χ1) is 9.22. The fourth-order valence-corrected chi connectivity index (χ4v) is 1.58. The molecule has 1 rings (SSSR count). The van der Waals surface area contributed by atoms with Crippen molar-refractivity contribution >= 4 is 5.97 Å². The summed E-state index contributed by atoms with van der Waals surface area (Å²) in [5.41, 5.74) is 0.955. The molecule has 19 heavy (non-hydrogen) atoms. The highest BCUT2D eigenvalue weighted by Gasteiger charge is 2.12. The molecule has 0 saturated carbocycles. The van der Waals surface area contributed by atoms with Crippen LogP contribution >= 0.6 is 0 Å². The normalized spacial score (nSPS) is 10.1. The highest BCUT2D eigenvalue weighted by atomic mass is 16.6. The van der Waals surface area contributed by atoms with Crippen LogP contribution in [0.15, 0.2) is 18.2 Å². The van der Waals surface area contributed by atoms with Crippen molar-refractivity contribution in [3.63, 3.8) is 0 Å². The van der Waals surface area contributed by atoms with Crippen molar-refractivity contribution in [3.8, 4) is 11.5 Å². The lowest BCUT2D eigenvalue weighted by Crippen LogP contribution is -2.17. The molecule has 1 aromatic carbocycles. The van der Waals surface area contributed by atoms with E-state index in [2.05, 4.69) is 10.1 Å². The van der Waals surface area contributed by atoms with E-state index in [9.17, 15) is 4.79 Å². The van der Waals surface area contributed by atoms with Crippen LogP contribution in [-0.2, 0) is 16.1 Å². The molecule has 0 aliphatic carbocycles. The maximum Gasteiger partial charge on any atom is 0.343 e. The largest absolute Gasteiger partial charge is 0.490 e. The van der Waals surface area contributed by atoms with E-state index in [0.29, 0.717) is 24.7 Å². The van der Waals surface area contributed by atoms with Gasteiger partial charge in [-0.1, -0.05) is 19.1 Å². The number of benzene rings is 1. The van der Waals surface area contributed by atoms with Gasteiger partial charge in [0, 0.05) is 12.1 Å². The van der Waals surface area contributed by atoms with Crippen molar-refractivity contribution in [3.05, 3.63) is 23.8 Å². The molecule has 0 aromatic heterocycles. The van der Waals surface area contributed by atoms with E-state index in [1.807, 2.05) is 32.0 Å². The number of rotatable bonds is 8. The fraction of sp³-hybridized carbons (Fsp3) is 0.500. The minimum Gasteiger partial charge on any atom is -0.490 e. The van der Waals surface area contributed by atoms with E-state index in [0.717, 1.165) is 12.1 Å². The van der Waals surface area contributed by atoms with Crippen LogP contribution in [0.2, 0.25) is 0 Å². The minimum atomic E-state index is -0.416. The van der Waals surface area contributed by atoms with E-state index in [-0.39, 0.29) is 6.61 Å². The van der Waals surface area contributed by atoms with Crippen LogP contribution < -0.4 is 14.8 Å². The molecule has 0 heterocycles. The van der Waals surface area contributed by atoms with E-state index in [4.69, 9.17) is 9.47 Å². The van der Waals surface area contributed by atoms with Gasteiger partial charge in [-0.15, -0.1) is 0 Å². The number of hydrogen-bond acceptors (Lipinski definition) is 5. The molecule has 0 aliphatic rings. The Morgan fingerprint density at radius 3 is 2.68 bits per heavy atom. The van der Waals surface area contributed by atoms with Gasteiger partial charge >= 0.3 is 5.97 Å². The van der Waals surface area contributed by atoms with Crippen LogP contribution in [0.3, 0.4) is 0 Å². The van der Waals surface area contributed by atoms with Crippen LogP contribution in [0, 0.1) is 0 Å². The van der Waals surface area contributed by atoms with Gasteiger partial charge in [-0.25, -0.2) is 4.79 Å². The SMILES string of the molecule is CCNCc1cccc(OCC)c1OCC(=O)OC. The molecule has 5 nitrogen and oxygen atoms in total. The molecule has 0 saturated heterocycles. The van der Waals surface area contributed by atoms with E-state index in [1.54, 1.807) is 0 Å². The van der Waals surface area contributed by atoms with Crippen LogP contribution in [0.1, 0.15) is 19.4 Å². The third-order valence-corrected chi connectivity index (χ3v) is 2.49. The van der Waals surface area contributed by atoms with Crippen LogP contribution in [0.25, 0.3) is 0 Å². The Labute approximate surface area is 113 Å². The molecule has 0 atom stereocenters. The van der Waals surface area contributed by atoms with Crippen LogP contribution in [-0.4, -0.2) is 32.8 Å². The maximum absolute atomic E-state index is 11.2. The summed E-state index contributed by atoms with van der Waals surface area (Å²) >= 11 is 0. The van der Waals surface area contributed by atoms with Gasteiger partial charge in [-0.3, -0.25) is 0 Å². The predicted molar refractivity (Wildman–Crippen MR) is 72.5 cm³/mol. The first kappa shape index (κ1) is 15.3. The number of nitrogens with one attached hydrogen (secondary N) is 1. The van der Waals surface area contributed by atoms with Gasteiger partial charge in [0.05, 0.1) is 13.7 Å². The van der Waals surface area contributed by atoms with Crippen LogP contribution in [0.4, 0.5) is 0 Å². The predicted octanol–water partition coefficient (Wildman–Crippen LogP) is 1.75. The van der Waals surface area contributed by atoms with Gasteiger partial charge in [0.1, 0.15) is 0 Å². The Morgan fingerprint density at radius 2 is 2.05 bits per heavy atom. The summed E-state index contributed by atoms with van der Waals surface area (Å²) in [6, 6.07) is 5.67. The number of ether oxygens (including phenoxy) is 3. The second kappa shape index (κ2) is 8.37. The highest BCUT2D eigenvalue weighted by Crippen LogP contribution is 2.31. The van der Waals surface area contributed by atoms with Gasteiger partial charge < -0.3 is 19.5 Å². The summed E-state index contributed by atoms with van der Waals surface area (Å²) in [7, 11) is 1.33. The van der Waals surface area contributed by atoms with E-state index >= 15 is 0 Å². The second-order valence-corrected chi connectivity index (χ2v) is 3.82. The van der Waals surface area contributed by atoms with Gasteiger partial charge in [0.2, 0.25) is 0 Å². The number of esters is 1. The lowest BCUT2D eigenvalue weighted by molar-refractivity contribution is -0.142. The fourth-order valence-electron chi connectivity index (χ4n) is 1.58. The van der Waals surface area contributed by atoms with Crippen molar-refractivity contribution in [2.75, 3.05) is 26.9 Å². The minimum absolute atomic E-state index is 0.125. The molecule has 0 bridgehead atoms. The Hall–Kier alpha value is -1.75. The molecule has 5 heteroatoms. The lowest BCUT2D eigenvalue weighted by atomic mass is 10.2. The maximum atomic E-state index is 11.2. The van der Waals surface area contributed by atoms with Gasteiger partial charge in [-0.2, -0.15) is 0 Å². The topological polar surface area (TPSA) is 56.8 Å². The summed E-state index contributed by atoms with van der Waals surface area (Å²) < 4.78 is 15.6. The van der Waals surface area contributed by atoms with Crippen molar-refractivity contribution in [2.24, 2.45) is 0 Å². The summed E-state index contributed by atoms with van der Waals surface area (Å²) in [6.45, 7) is 5.87. The number of methoxy groups -OCH3 is 1.